The lowest BCUT2D eigenvalue weighted by atomic mass is 9.72. The van der Waals surface area contributed by atoms with Crippen molar-refractivity contribution < 1.29 is 9.53 Å². The first-order valence-corrected chi connectivity index (χ1v) is 13.7. The highest BCUT2D eigenvalue weighted by molar-refractivity contribution is 7.16. The second-order valence-electron chi connectivity index (χ2n) is 9.59. The molecule has 1 atom stereocenters. The summed E-state index contributed by atoms with van der Waals surface area (Å²) in [6.45, 7) is 8.95. The predicted molar refractivity (Wildman–Crippen MR) is 145 cm³/mol. The summed E-state index contributed by atoms with van der Waals surface area (Å²) in [4.78, 5) is 18.8. The number of allylic oxidation sites excluding steroid dienone is 1. The molecule has 0 radical (unpaired) electrons. The first kappa shape index (κ1) is 25.4. The maximum atomic E-state index is 12.9. The Hall–Kier alpha value is -2.66. The molecular formula is C27H28ClN3O2S2. The quantitative estimate of drug-likeness (QED) is 0.262. The molecule has 35 heavy (non-hydrogen) atoms. The number of rotatable bonds is 6. The van der Waals surface area contributed by atoms with E-state index < -0.39 is 0 Å². The number of halogens is 1. The van der Waals surface area contributed by atoms with E-state index in [1.54, 1.807) is 17.5 Å². The SMILES string of the molecule is CCOC(=O)c1c(N/C=C(/C#N)c2nc(-c3ccc(Cl)cc3)cs2)sc2c1CCC(C(C)(C)C)C2. The maximum absolute atomic E-state index is 12.9. The summed E-state index contributed by atoms with van der Waals surface area (Å²) < 4.78 is 5.39. The summed E-state index contributed by atoms with van der Waals surface area (Å²) in [7, 11) is 0. The van der Waals surface area contributed by atoms with Crippen molar-refractivity contribution in [2.24, 2.45) is 11.3 Å². The zero-order chi connectivity index (χ0) is 25.2. The molecule has 0 spiro atoms. The largest absolute Gasteiger partial charge is 0.462 e. The molecule has 182 valence electrons. The Bertz CT molecular complexity index is 1290. The number of aromatic nitrogens is 1. The van der Waals surface area contributed by atoms with Crippen molar-refractivity contribution in [2.75, 3.05) is 11.9 Å². The van der Waals surface area contributed by atoms with E-state index in [4.69, 9.17) is 16.3 Å². The summed E-state index contributed by atoms with van der Waals surface area (Å²) >= 11 is 8.98. The van der Waals surface area contributed by atoms with Crippen molar-refractivity contribution in [3.05, 3.63) is 61.9 Å². The number of nitrogens with zero attached hydrogens (tertiary/aromatic N) is 2. The van der Waals surface area contributed by atoms with E-state index in [-0.39, 0.29) is 11.4 Å². The Morgan fingerprint density at radius 1 is 1.34 bits per heavy atom. The number of anilines is 1. The van der Waals surface area contributed by atoms with E-state index in [0.29, 0.717) is 33.7 Å². The second kappa shape index (κ2) is 10.5. The van der Waals surface area contributed by atoms with E-state index >= 15 is 0 Å². The summed E-state index contributed by atoms with van der Waals surface area (Å²) in [5, 5.41) is 17.0. The monoisotopic (exact) mass is 525 g/mol. The molecule has 0 bridgehead atoms. The number of hydrogen-bond donors (Lipinski definition) is 1. The highest BCUT2D eigenvalue weighted by Crippen LogP contribution is 2.44. The normalized spacial score (nSPS) is 15.9. The van der Waals surface area contributed by atoms with Crippen molar-refractivity contribution in [3.8, 4) is 17.3 Å². The van der Waals surface area contributed by atoms with E-state index in [1.807, 2.05) is 36.6 Å². The molecule has 1 unspecified atom stereocenters. The third kappa shape index (κ3) is 5.61. The fraction of sp³-hybridized carbons (Fsp3) is 0.370. The maximum Gasteiger partial charge on any atom is 0.341 e. The fourth-order valence-corrected chi connectivity index (χ4v) is 6.48. The van der Waals surface area contributed by atoms with Gasteiger partial charge >= 0.3 is 5.97 Å². The highest BCUT2D eigenvalue weighted by atomic mass is 35.5. The number of hydrogen-bond acceptors (Lipinski definition) is 7. The van der Waals surface area contributed by atoms with Crippen LogP contribution in [0.15, 0.2) is 35.8 Å². The average Bonchev–Trinajstić information content (AvgIpc) is 3.44. The van der Waals surface area contributed by atoms with Gasteiger partial charge in [0.25, 0.3) is 0 Å². The van der Waals surface area contributed by atoms with Crippen LogP contribution in [0, 0.1) is 22.7 Å². The van der Waals surface area contributed by atoms with Gasteiger partial charge < -0.3 is 10.1 Å². The summed E-state index contributed by atoms with van der Waals surface area (Å²) in [5.74, 6) is 0.247. The van der Waals surface area contributed by atoms with E-state index in [1.165, 1.54) is 16.2 Å². The van der Waals surface area contributed by atoms with Gasteiger partial charge in [-0.2, -0.15) is 5.26 Å². The highest BCUT2D eigenvalue weighted by Gasteiger charge is 2.34. The van der Waals surface area contributed by atoms with Crippen LogP contribution in [0.25, 0.3) is 16.8 Å². The molecule has 0 saturated heterocycles. The Labute approximate surface area is 219 Å². The Morgan fingerprint density at radius 2 is 2.09 bits per heavy atom. The number of nitrogens with one attached hydrogen (secondary N) is 1. The molecule has 0 aliphatic heterocycles. The molecule has 0 saturated carbocycles. The summed E-state index contributed by atoms with van der Waals surface area (Å²) in [6, 6.07) is 9.68. The molecule has 4 rings (SSSR count). The minimum absolute atomic E-state index is 0.208. The zero-order valence-electron chi connectivity index (χ0n) is 20.3. The molecule has 8 heteroatoms. The van der Waals surface area contributed by atoms with Gasteiger partial charge in [0.1, 0.15) is 21.7 Å². The third-order valence-electron chi connectivity index (χ3n) is 6.31. The van der Waals surface area contributed by atoms with Crippen LogP contribution < -0.4 is 5.32 Å². The molecular weight excluding hydrogens is 498 g/mol. The van der Waals surface area contributed by atoms with E-state index in [0.717, 1.165) is 41.1 Å². The number of thiazole rings is 1. The standard InChI is InChI=1S/C27H28ClN3O2S2/c1-5-33-26(32)23-20-11-8-18(27(2,3)4)12-22(20)35-25(23)30-14-17(13-29)24-31-21(15-34-24)16-6-9-19(28)10-7-16/h6-7,9-10,14-15,18,30H,5,8,11-12H2,1-4H3/b17-14-. The van der Waals surface area contributed by atoms with Crippen LogP contribution >= 0.6 is 34.3 Å². The van der Waals surface area contributed by atoms with E-state index in [9.17, 15) is 10.1 Å². The number of esters is 1. The topological polar surface area (TPSA) is 75.0 Å². The molecule has 1 N–H and O–H groups in total. The van der Waals surface area contributed by atoms with Gasteiger partial charge in [-0.1, -0.05) is 44.5 Å². The molecule has 1 aliphatic rings. The van der Waals surface area contributed by atoms with Gasteiger partial charge in [0.2, 0.25) is 0 Å². The number of nitriles is 1. The van der Waals surface area contributed by atoms with Crippen molar-refractivity contribution >= 4 is 50.8 Å². The van der Waals surface area contributed by atoms with Crippen LogP contribution in [-0.4, -0.2) is 17.6 Å². The Kier molecular flexibility index (Phi) is 7.65. The zero-order valence-corrected chi connectivity index (χ0v) is 22.7. The number of fused-ring (bicyclic) bond motifs is 1. The minimum Gasteiger partial charge on any atom is -0.462 e. The lowest BCUT2D eigenvalue weighted by Crippen LogP contribution is -2.26. The van der Waals surface area contributed by atoms with Gasteiger partial charge in [-0.05, 0) is 55.2 Å². The molecule has 2 aromatic heterocycles. The third-order valence-corrected chi connectivity index (χ3v) is 8.63. The van der Waals surface area contributed by atoms with Crippen LogP contribution in [0.3, 0.4) is 0 Å². The van der Waals surface area contributed by atoms with Gasteiger partial charge in [0.15, 0.2) is 0 Å². The molecule has 1 aliphatic carbocycles. The average molecular weight is 526 g/mol. The van der Waals surface area contributed by atoms with Crippen LogP contribution in [0.1, 0.15) is 59.9 Å². The predicted octanol–water partition coefficient (Wildman–Crippen LogP) is 7.83. The van der Waals surface area contributed by atoms with Gasteiger partial charge in [-0.15, -0.1) is 22.7 Å². The smallest absolute Gasteiger partial charge is 0.341 e. The van der Waals surface area contributed by atoms with Crippen molar-refractivity contribution in [1.29, 1.82) is 5.26 Å². The number of carbonyl (C=O) groups is 1. The first-order chi connectivity index (χ1) is 16.7. The lowest BCUT2D eigenvalue weighted by Gasteiger charge is -2.33. The van der Waals surface area contributed by atoms with Gasteiger partial charge in [-0.3, -0.25) is 0 Å². The van der Waals surface area contributed by atoms with Crippen LogP contribution in [0.2, 0.25) is 5.02 Å². The minimum atomic E-state index is -0.312. The van der Waals surface area contributed by atoms with Crippen LogP contribution in [0.5, 0.6) is 0 Å². The molecule has 3 aromatic rings. The van der Waals surface area contributed by atoms with Crippen molar-refractivity contribution in [3.63, 3.8) is 0 Å². The van der Waals surface area contributed by atoms with Gasteiger partial charge in [-0.25, -0.2) is 9.78 Å². The van der Waals surface area contributed by atoms with E-state index in [2.05, 4.69) is 37.1 Å². The van der Waals surface area contributed by atoms with Crippen LogP contribution in [0.4, 0.5) is 5.00 Å². The molecule has 0 amide bonds. The van der Waals surface area contributed by atoms with Gasteiger partial charge in [0.05, 0.1) is 17.9 Å². The number of benzene rings is 1. The Morgan fingerprint density at radius 3 is 2.74 bits per heavy atom. The summed E-state index contributed by atoms with van der Waals surface area (Å²) in [5.41, 5.74) is 4.03. The lowest BCUT2D eigenvalue weighted by molar-refractivity contribution is 0.0526. The second-order valence-corrected chi connectivity index (χ2v) is 12.0. The summed E-state index contributed by atoms with van der Waals surface area (Å²) in [6.07, 6.45) is 4.50. The number of carbonyl (C=O) groups excluding carboxylic acids is 1. The van der Waals surface area contributed by atoms with Crippen LogP contribution in [-0.2, 0) is 17.6 Å². The van der Waals surface area contributed by atoms with Crippen molar-refractivity contribution in [2.45, 2.75) is 47.0 Å². The molecule has 5 nitrogen and oxygen atoms in total. The Balaban J connectivity index is 1.63. The number of thiophene rings is 1. The van der Waals surface area contributed by atoms with Gasteiger partial charge in [0, 0.05) is 27.0 Å². The number of ether oxygens (including phenoxy) is 1. The first-order valence-electron chi connectivity index (χ1n) is 11.6. The van der Waals surface area contributed by atoms with Crippen molar-refractivity contribution in [1.82, 2.24) is 4.98 Å². The fourth-order valence-electron chi connectivity index (χ4n) is 4.28. The molecule has 0 fully saturated rings. The molecule has 1 aromatic carbocycles. The molecule has 2 heterocycles.